The van der Waals surface area contributed by atoms with E-state index in [1.807, 2.05) is 30.5 Å². The molecule has 0 amide bonds. The number of nitrogen functional groups attached to an aromatic ring is 1. The molecule has 3 aliphatic rings. The van der Waals surface area contributed by atoms with Gasteiger partial charge < -0.3 is 43.6 Å². The Hall–Kier alpha value is -3.71. The first kappa shape index (κ1) is 46.4. The molecule has 0 radical (unpaired) electrons. The lowest BCUT2D eigenvalue weighted by Crippen LogP contribution is -2.60. The number of nitrogens with zero attached hydrogens (tertiary/aromatic N) is 5. The molecule has 14 atom stereocenters. The van der Waals surface area contributed by atoms with Gasteiger partial charge in [-0.25, -0.2) is 15.0 Å². The summed E-state index contributed by atoms with van der Waals surface area (Å²) in [5, 5.41) is -0.807. The van der Waals surface area contributed by atoms with Crippen LogP contribution in [0, 0.1) is 29.6 Å². The highest BCUT2D eigenvalue weighted by Gasteiger charge is 2.61. The van der Waals surface area contributed by atoms with Crippen LogP contribution >= 0.6 is 11.8 Å². The standard InChI is InChI=1S/C41H62N6O11S/c1-13-27-41(9)28(33(38(52)58-41)59-15-14-47-19-45-29-35(42)43-18-44-36(29)47)22(4)30(49)20(2)17-40(8,53-12)34(23(5)31(50)24(6)37(51)56-27)57-39-32(55-25(7)48)26(46(10)11)16-21(3)54-39/h18-24,26-28,32-34,39H,13-17H2,1-12H3,(H2,42,43,44)/t20-,21-,22-,23+,24-,26+,27-,28+,32-,33+,34-,39+,40-,41-/m1/s1. The van der Waals surface area contributed by atoms with Crippen molar-refractivity contribution in [3.63, 3.8) is 0 Å². The number of Topliss-reactive ketones (excluding diaryl/α,β-unsaturated/α-hetero) is 2. The van der Waals surface area contributed by atoms with Gasteiger partial charge in [-0.05, 0) is 61.1 Å². The highest BCUT2D eigenvalue weighted by molar-refractivity contribution is 8.00. The Balaban J connectivity index is 1.52. The van der Waals surface area contributed by atoms with E-state index in [0.29, 0.717) is 29.9 Å². The molecule has 0 aromatic carbocycles. The van der Waals surface area contributed by atoms with Gasteiger partial charge in [0.1, 0.15) is 34.9 Å². The first-order valence-electron chi connectivity index (χ1n) is 20.4. The largest absolute Gasteiger partial charge is 0.458 e. The maximum Gasteiger partial charge on any atom is 0.320 e. The molecule has 2 N–H and O–H groups in total. The number of thioether (sulfide) groups is 1. The average Bonchev–Trinajstić information content (AvgIpc) is 3.72. The number of fused-ring (bicyclic) bond motifs is 2. The van der Waals surface area contributed by atoms with Gasteiger partial charge >= 0.3 is 17.9 Å². The Morgan fingerprint density at radius 1 is 1.03 bits per heavy atom. The van der Waals surface area contributed by atoms with Crippen molar-refractivity contribution >= 4 is 58.2 Å². The number of esters is 3. The molecule has 0 saturated carbocycles. The van der Waals surface area contributed by atoms with Crippen molar-refractivity contribution in [2.24, 2.45) is 29.6 Å². The van der Waals surface area contributed by atoms with Crippen molar-refractivity contribution in [1.82, 2.24) is 24.4 Å². The van der Waals surface area contributed by atoms with Crippen LogP contribution in [0.1, 0.15) is 81.6 Å². The number of carbonyl (C=O) groups excluding carboxylic acids is 5. The maximum atomic E-state index is 14.8. The molecule has 18 heteroatoms. The minimum Gasteiger partial charge on any atom is -0.458 e. The number of methoxy groups -OCH3 is 1. The van der Waals surface area contributed by atoms with Crippen LogP contribution in [-0.4, -0.2) is 134 Å². The van der Waals surface area contributed by atoms with Crippen molar-refractivity contribution in [2.75, 3.05) is 32.7 Å². The number of cyclic esters (lactones) is 1. The summed E-state index contributed by atoms with van der Waals surface area (Å²) >= 11 is 1.34. The van der Waals surface area contributed by atoms with E-state index in [4.69, 9.17) is 34.2 Å². The zero-order valence-corrected chi connectivity index (χ0v) is 37.1. The molecule has 0 bridgehead atoms. The molecule has 2 aromatic heterocycles. The molecule has 3 aliphatic heterocycles. The highest BCUT2D eigenvalue weighted by Crippen LogP contribution is 2.49. The zero-order chi connectivity index (χ0) is 43.7. The molecule has 59 heavy (non-hydrogen) atoms. The molecule has 0 spiro atoms. The summed E-state index contributed by atoms with van der Waals surface area (Å²) in [6.07, 6.45) is -0.502. The normalized spacial score (nSPS) is 37.5. The second-order valence-electron chi connectivity index (χ2n) is 17.1. The van der Waals surface area contributed by atoms with Crippen molar-refractivity contribution in [2.45, 2.75) is 141 Å². The van der Waals surface area contributed by atoms with Crippen molar-refractivity contribution in [3.05, 3.63) is 12.7 Å². The molecule has 5 rings (SSSR count). The monoisotopic (exact) mass is 846 g/mol. The molecular formula is C41H62N6O11S. The molecular weight excluding hydrogens is 785 g/mol. The number of aryl methyl sites for hydroxylation is 1. The van der Waals surface area contributed by atoms with Gasteiger partial charge in [0.05, 0.1) is 30.2 Å². The minimum atomic E-state index is -1.41. The fourth-order valence-corrected chi connectivity index (χ4v) is 10.8. The average molecular weight is 847 g/mol. The van der Waals surface area contributed by atoms with Crippen LogP contribution < -0.4 is 5.73 Å². The molecule has 0 unspecified atom stereocenters. The van der Waals surface area contributed by atoms with Gasteiger partial charge in [-0.3, -0.25) is 24.0 Å². The summed E-state index contributed by atoms with van der Waals surface area (Å²) in [5.41, 5.74) is 4.29. The number of likely N-dealkylation sites (N-methyl/N-ethyl adjacent to an activating group) is 1. The summed E-state index contributed by atoms with van der Waals surface area (Å²) in [7, 11) is 5.23. The Kier molecular flexibility index (Phi) is 14.5. The van der Waals surface area contributed by atoms with Crippen LogP contribution in [0.3, 0.4) is 0 Å². The quantitative estimate of drug-likeness (QED) is 0.205. The van der Waals surface area contributed by atoms with E-state index < -0.39 is 94.3 Å². The predicted octanol–water partition coefficient (Wildman–Crippen LogP) is 3.64. The summed E-state index contributed by atoms with van der Waals surface area (Å²) in [6, 6.07) is -0.282. The van der Waals surface area contributed by atoms with Crippen LogP contribution in [0.25, 0.3) is 11.2 Å². The van der Waals surface area contributed by atoms with Crippen LogP contribution in [0.2, 0.25) is 0 Å². The number of hydrogen-bond acceptors (Lipinski definition) is 17. The smallest absolute Gasteiger partial charge is 0.320 e. The number of nitrogens with two attached hydrogens (primary N) is 1. The van der Waals surface area contributed by atoms with E-state index in [9.17, 15) is 24.0 Å². The summed E-state index contributed by atoms with van der Waals surface area (Å²) in [6.45, 7) is 15.6. The van der Waals surface area contributed by atoms with E-state index >= 15 is 0 Å². The lowest BCUT2D eigenvalue weighted by atomic mass is 9.70. The lowest BCUT2D eigenvalue weighted by molar-refractivity contribution is -0.298. The van der Waals surface area contributed by atoms with Gasteiger partial charge in [-0.15, -0.1) is 11.8 Å². The van der Waals surface area contributed by atoms with Crippen LogP contribution in [0.15, 0.2) is 12.7 Å². The van der Waals surface area contributed by atoms with Gasteiger partial charge in [-0.1, -0.05) is 27.7 Å². The van der Waals surface area contributed by atoms with Gasteiger partial charge in [0, 0.05) is 50.0 Å². The van der Waals surface area contributed by atoms with Crippen molar-refractivity contribution in [1.29, 1.82) is 0 Å². The maximum absolute atomic E-state index is 14.8. The topological polar surface area (TPSA) is 214 Å². The number of hydrogen-bond donors (Lipinski definition) is 1. The third kappa shape index (κ3) is 9.31. The summed E-state index contributed by atoms with van der Waals surface area (Å²) < 4.78 is 39.3. The van der Waals surface area contributed by atoms with Gasteiger partial charge in [0.2, 0.25) is 0 Å². The van der Waals surface area contributed by atoms with Gasteiger partial charge in [0.25, 0.3) is 0 Å². The third-order valence-electron chi connectivity index (χ3n) is 12.6. The minimum absolute atomic E-state index is 0.0946. The van der Waals surface area contributed by atoms with E-state index in [0.717, 1.165) is 0 Å². The lowest BCUT2D eigenvalue weighted by Gasteiger charge is -2.47. The molecule has 3 saturated heterocycles. The molecule has 328 valence electrons. The Morgan fingerprint density at radius 3 is 2.36 bits per heavy atom. The van der Waals surface area contributed by atoms with Crippen molar-refractivity contribution in [3.8, 4) is 0 Å². The van der Waals surface area contributed by atoms with E-state index in [-0.39, 0.29) is 36.6 Å². The number of rotatable bonds is 10. The number of ketones is 2. The number of aromatic nitrogens is 4. The Labute approximate surface area is 350 Å². The van der Waals surface area contributed by atoms with Crippen LogP contribution in [0.4, 0.5) is 5.82 Å². The Bertz CT molecular complexity index is 1880. The van der Waals surface area contributed by atoms with E-state index in [1.54, 1.807) is 47.9 Å². The molecule has 5 heterocycles. The van der Waals surface area contributed by atoms with E-state index in [2.05, 4.69) is 15.0 Å². The van der Waals surface area contributed by atoms with Gasteiger partial charge in [-0.2, -0.15) is 0 Å². The highest BCUT2D eigenvalue weighted by atomic mass is 32.2. The second kappa shape index (κ2) is 18.5. The Morgan fingerprint density at radius 2 is 1.73 bits per heavy atom. The summed E-state index contributed by atoms with van der Waals surface area (Å²) in [4.78, 5) is 84.3. The molecule has 2 aromatic rings. The predicted molar refractivity (Wildman–Crippen MR) is 218 cm³/mol. The molecule has 3 fully saturated rings. The number of ether oxygens (including phenoxy) is 6. The van der Waals surface area contributed by atoms with Crippen LogP contribution in [0.5, 0.6) is 0 Å². The third-order valence-corrected chi connectivity index (χ3v) is 13.9. The van der Waals surface area contributed by atoms with Gasteiger partial charge in [0.15, 0.2) is 35.2 Å². The zero-order valence-electron chi connectivity index (χ0n) is 36.3. The van der Waals surface area contributed by atoms with E-state index in [1.165, 1.54) is 39.0 Å². The number of anilines is 1. The molecule has 17 nitrogen and oxygen atoms in total. The molecule has 0 aliphatic carbocycles. The SMILES string of the molecule is CC[C@H]1OC(=O)[C@H](C)C(=O)[C@H](C)[C@@H](O[C@@H]2O[C@H](C)C[C@H](N(C)C)[C@H]2OC(C)=O)[C@](C)(OC)C[C@@H](C)C(=O)[C@H](C)[C@H]2[C@H](SCCn3cnc4c(N)ncnc43)C(=O)O[C@@]21C. The second-order valence-corrected chi connectivity index (χ2v) is 18.3. The van der Waals surface area contributed by atoms with Crippen molar-refractivity contribution < 1.29 is 52.4 Å². The van der Waals surface area contributed by atoms with Crippen LogP contribution in [-0.2, 0) is 58.9 Å². The first-order valence-corrected chi connectivity index (χ1v) is 21.5. The fourth-order valence-electron chi connectivity index (χ4n) is 9.39. The summed E-state index contributed by atoms with van der Waals surface area (Å²) in [5.74, 6) is -6.26. The number of carbonyl (C=O) groups is 5. The first-order chi connectivity index (χ1) is 27.7. The fraction of sp³-hybridized carbons (Fsp3) is 0.756. The number of imidazole rings is 1.